The van der Waals surface area contributed by atoms with Gasteiger partial charge in [0.15, 0.2) is 0 Å². The highest BCUT2D eigenvalue weighted by molar-refractivity contribution is 5.50. The number of likely N-dealkylation sites (N-methyl/N-ethyl adjacent to an activating group) is 1. The summed E-state index contributed by atoms with van der Waals surface area (Å²) in [6, 6.07) is 6.76. The topological polar surface area (TPSA) is 38.5 Å². The fraction of sp³-hybridized carbons (Fsp3) is 0.625. The van der Waals surface area contributed by atoms with Crippen LogP contribution in [0, 0.1) is 5.82 Å². The molecule has 0 radical (unpaired) electrons. The van der Waals surface area contributed by atoms with Crippen LogP contribution in [-0.2, 0) is 4.74 Å². The molecule has 1 aliphatic rings. The highest BCUT2D eigenvalue weighted by Crippen LogP contribution is 2.38. The van der Waals surface area contributed by atoms with Crippen LogP contribution in [-0.4, -0.2) is 30.8 Å². The van der Waals surface area contributed by atoms with E-state index in [1.54, 1.807) is 12.1 Å². The third-order valence-electron chi connectivity index (χ3n) is 4.20. The lowest BCUT2D eigenvalue weighted by Gasteiger charge is -2.51. The first-order chi connectivity index (χ1) is 9.42. The van der Waals surface area contributed by atoms with Crippen molar-refractivity contribution >= 4 is 5.69 Å². The van der Waals surface area contributed by atoms with E-state index >= 15 is 0 Å². The predicted octanol–water partition coefficient (Wildman–Crippen LogP) is 2.94. The van der Waals surface area contributed by atoms with Gasteiger partial charge in [0, 0.05) is 31.8 Å². The molecule has 1 fully saturated rings. The number of rotatable bonds is 4. The molecule has 0 spiro atoms. The number of nitrogens with zero attached hydrogens (tertiary/aromatic N) is 1. The molecule has 0 bridgehead atoms. The van der Waals surface area contributed by atoms with Crippen LogP contribution < -0.4 is 10.6 Å². The fourth-order valence-corrected chi connectivity index (χ4v) is 3.40. The van der Waals surface area contributed by atoms with Gasteiger partial charge in [-0.25, -0.2) is 4.39 Å². The molecule has 0 aliphatic carbocycles. The molecule has 1 aromatic rings. The van der Waals surface area contributed by atoms with Crippen molar-refractivity contribution in [1.82, 2.24) is 0 Å². The number of hydrogen-bond acceptors (Lipinski definition) is 3. The summed E-state index contributed by atoms with van der Waals surface area (Å²) >= 11 is 0. The first kappa shape index (κ1) is 15.3. The molecule has 1 saturated heterocycles. The molecule has 0 amide bonds. The molecule has 1 aliphatic heterocycles. The summed E-state index contributed by atoms with van der Waals surface area (Å²) in [6.45, 7) is 8.31. The normalized spacial score (nSPS) is 25.4. The second-order valence-corrected chi connectivity index (χ2v) is 6.19. The number of halogens is 1. The van der Waals surface area contributed by atoms with Crippen molar-refractivity contribution in [2.24, 2.45) is 5.73 Å². The molecule has 2 N–H and O–H groups in total. The Morgan fingerprint density at radius 2 is 2.15 bits per heavy atom. The van der Waals surface area contributed by atoms with Gasteiger partial charge in [0.05, 0.1) is 11.1 Å². The Morgan fingerprint density at radius 1 is 1.40 bits per heavy atom. The van der Waals surface area contributed by atoms with Crippen LogP contribution in [0.25, 0.3) is 0 Å². The minimum atomic E-state index is -0.209. The summed E-state index contributed by atoms with van der Waals surface area (Å²) in [5.41, 5.74) is 6.66. The number of benzene rings is 1. The van der Waals surface area contributed by atoms with Crippen molar-refractivity contribution in [1.29, 1.82) is 0 Å². The molecule has 4 heteroatoms. The lowest BCUT2D eigenvalue weighted by atomic mass is 9.79. The third kappa shape index (κ3) is 2.96. The minimum Gasteiger partial charge on any atom is -0.375 e. The van der Waals surface area contributed by atoms with E-state index in [1.165, 1.54) is 6.07 Å². The Kier molecular flexibility index (Phi) is 4.35. The van der Waals surface area contributed by atoms with Gasteiger partial charge < -0.3 is 15.4 Å². The molecule has 3 nitrogen and oxygen atoms in total. The second kappa shape index (κ2) is 5.70. The summed E-state index contributed by atoms with van der Waals surface area (Å²) in [6.07, 6.45) is 1.72. The second-order valence-electron chi connectivity index (χ2n) is 6.19. The lowest BCUT2D eigenvalue weighted by molar-refractivity contribution is -0.0793. The van der Waals surface area contributed by atoms with E-state index in [0.29, 0.717) is 13.2 Å². The van der Waals surface area contributed by atoms with Gasteiger partial charge in [-0.1, -0.05) is 6.07 Å². The Balaban J connectivity index is 2.37. The molecule has 112 valence electrons. The number of anilines is 1. The summed E-state index contributed by atoms with van der Waals surface area (Å²) in [5, 5.41) is 0. The molecule has 20 heavy (non-hydrogen) atoms. The monoisotopic (exact) mass is 280 g/mol. The average Bonchev–Trinajstić information content (AvgIpc) is 2.38. The third-order valence-corrected chi connectivity index (χ3v) is 4.20. The zero-order valence-electron chi connectivity index (χ0n) is 12.7. The van der Waals surface area contributed by atoms with Crippen molar-refractivity contribution in [3.05, 3.63) is 30.1 Å². The quantitative estimate of drug-likeness (QED) is 0.921. The molecule has 1 atom stereocenters. The van der Waals surface area contributed by atoms with Crippen molar-refractivity contribution in [3.63, 3.8) is 0 Å². The van der Waals surface area contributed by atoms with Crippen LogP contribution in [0.4, 0.5) is 10.1 Å². The van der Waals surface area contributed by atoms with E-state index in [9.17, 15) is 4.39 Å². The Bertz CT molecular complexity index is 464. The van der Waals surface area contributed by atoms with Gasteiger partial charge in [0.25, 0.3) is 0 Å². The largest absolute Gasteiger partial charge is 0.375 e. The van der Waals surface area contributed by atoms with E-state index in [-0.39, 0.29) is 17.0 Å². The molecule has 2 rings (SSSR count). The number of ether oxygens (including phenoxy) is 1. The van der Waals surface area contributed by atoms with Gasteiger partial charge in [0.1, 0.15) is 5.82 Å². The van der Waals surface area contributed by atoms with Crippen molar-refractivity contribution in [3.8, 4) is 0 Å². The Morgan fingerprint density at radius 3 is 2.70 bits per heavy atom. The first-order valence-corrected chi connectivity index (χ1v) is 7.30. The zero-order valence-corrected chi connectivity index (χ0v) is 12.7. The highest BCUT2D eigenvalue weighted by atomic mass is 19.1. The average molecular weight is 280 g/mol. The zero-order chi connectivity index (χ0) is 14.8. The van der Waals surface area contributed by atoms with Crippen LogP contribution in [0.15, 0.2) is 24.3 Å². The van der Waals surface area contributed by atoms with Crippen LogP contribution in [0.3, 0.4) is 0 Å². The van der Waals surface area contributed by atoms with Crippen LogP contribution in [0.2, 0.25) is 0 Å². The van der Waals surface area contributed by atoms with E-state index in [4.69, 9.17) is 10.5 Å². The van der Waals surface area contributed by atoms with E-state index < -0.39 is 0 Å². The van der Waals surface area contributed by atoms with E-state index in [1.807, 2.05) is 6.07 Å². The van der Waals surface area contributed by atoms with Crippen LogP contribution in [0.1, 0.15) is 33.6 Å². The molecule has 0 aromatic heterocycles. The summed E-state index contributed by atoms with van der Waals surface area (Å²) in [5.74, 6) is -0.209. The number of nitrogens with two attached hydrogens (primary N) is 1. The van der Waals surface area contributed by atoms with Gasteiger partial charge in [-0.15, -0.1) is 0 Å². The predicted molar refractivity (Wildman–Crippen MR) is 80.5 cm³/mol. The SMILES string of the molecule is CCN(c1cccc(F)c1)C1(CN)CCOC(C)(C)C1. The molecular weight excluding hydrogens is 255 g/mol. The van der Waals surface area contributed by atoms with Gasteiger partial charge in [-0.2, -0.15) is 0 Å². The van der Waals surface area contributed by atoms with E-state index in [2.05, 4.69) is 25.7 Å². The fourth-order valence-electron chi connectivity index (χ4n) is 3.40. The van der Waals surface area contributed by atoms with Crippen LogP contribution in [0.5, 0.6) is 0 Å². The maximum atomic E-state index is 13.5. The van der Waals surface area contributed by atoms with Gasteiger partial charge in [-0.05, 0) is 45.4 Å². The smallest absolute Gasteiger partial charge is 0.125 e. The van der Waals surface area contributed by atoms with Crippen LogP contribution >= 0.6 is 0 Å². The molecule has 1 unspecified atom stereocenters. The molecule has 1 aromatic carbocycles. The lowest BCUT2D eigenvalue weighted by Crippen LogP contribution is -2.61. The Labute approximate surface area is 120 Å². The number of hydrogen-bond donors (Lipinski definition) is 1. The van der Waals surface area contributed by atoms with Gasteiger partial charge in [-0.3, -0.25) is 0 Å². The summed E-state index contributed by atoms with van der Waals surface area (Å²) in [4.78, 5) is 2.24. The first-order valence-electron chi connectivity index (χ1n) is 7.30. The Hall–Kier alpha value is -1.13. The maximum Gasteiger partial charge on any atom is 0.125 e. The van der Waals surface area contributed by atoms with Crippen molar-refractivity contribution < 1.29 is 9.13 Å². The summed E-state index contributed by atoms with van der Waals surface area (Å²) < 4.78 is 19.3. The molecule has 0 saturated carbocycles. The van der Waals surface area contributed by atoms with E-state index in [0.717, 1.165) is 25.1 Å². The molecule has 1 heterocycles. The minimum absolute atomic E-state index is 0.162. The van der Waals surface area contributed by atoms with Crippen molar-refractivity contribution in [2.45, 2.75) is 44.8 Å². The summed E-state index contributed by atoms with van der Waals surface area (Å²) in [7, 11) is 0. The molecular formula is C16H25FN2O. The van der Waals surface area contributed by atoms with Gasteiger partial charge >= 0.3 is 0 Å². The highest BCUT2D eigenvalue weighted by Gasteiger charge is 2.43. The van der Waals surface area contributed by atoms with Crippen molar-refractivity contribution in [2.75, 3.05) is 24.6 Å². The maximum absolute atomic E-state index is 13.5. The standard InChI is InChI=1S/C16H25FN2O/c1-4-19(14-7-5-6-13(17)10-14)16(12-18)8-9-20-15(2,3)11-16/h5-7,10H,4,8-9,11-12,18H2,1-3H3. The van der Waals surface area contributed by atoms with Gasteiger partial charge in [0.2, 0.25) is 0 Å².